The van der Waals surface area contributed by atoms with Crippen molar-refractivity contribution < 1.29 is 9.90 Å². The van der Waals surface area contributed by atoms with Crippen LogP contribution >= 0.6 is 0 Å². The highest BCUT2D eigenvalue weighted by atomic mass is 16.4. The predicted molar refractivity (Wildman–Crippen MR) is 87.4 cm³/mol. The van der Waals surface area contributed by atoms with E-state index in [0.717, 1.165) is 44.0 Å². The predicted octanol–water partition coefficient (Wildman–Crippen LogP) is 1.42. The standard InChI is InChI=1S/C16H21N5O2/c1-3-19-8-10-20(11-9-19)15-14(16(22)23)17-21(18-15)13-7-5-4-6-12(13)2/h4-7H,3,8-11H2,1-2H3,(H,22,23). The number of nitrogens with zero attached hydrogens (tertiary/aromatic N) is 5. The summed E-state index contributed by atoms with van der Waals surface area (Å²) in [6.45, 7) is 8.45. The molecule has 0 radical (unpaired) electrons. The number of aryl methyl sites for hydroxylation is 1. The minimum absolute atomic E-state index is 0.0122. The van der Waals surface area contributed by atoms with E-state index in [1.807, 2.05) is 36.1 Å². The lowest BCUT2D eigenvalue weighted by Gasteiger charge is -2.34. The van der Waals surface area contributed by atoms with Gasteiger partial charge in [-0.1, -0.05) is 25.1 Å². The van der Waals surface area contributed by atoms with Crippen LogP contribution in [0.1, 0.15) is 23.0 Å². The van der Waals surface area contributed by atoms with E-state index in [-0.39, 0.29) is 5.69 Å². The van der Waals surface area contributed by atoms with Crippen molar-refractivity contribution in [3.8, 4) is 5.69 Å². The van der Waals surface area contributed by atoms with Crippen LogP contribution < -0.4 is 4.90 Å². The molecule has 2 heterocycles. The largest absolute Gasteiger partial charge is 0.476 e. The summed E-state index contributed by atoms with van der Waals surface area (Å²) in [6.07, 6.45) is 0. The SMILES string of the molecule is CCN1CCN(c2nn(-c3ccccc3C)nc2C(=O)O)CC1. The molecule has 0 saturated carbocycles. The van der Waals surface area contributed by atoms with Crippen molar-refractivity contribution in [3.05, 3.63) is 35.5 Å². The lowest BCUT2D eigenvalue weighted by molar-refractivity contribution is 0.0690. The molecule has 122 valence electrons. The van der Waals surface area contributed by atoms with Gasteiger partial charge in [0.2, 0.25) is 5.69 Å². The summed E-state index contributed by atoms with van der Waals surface area (Å²) in [7, 11) is 0. The number of aromatic carboxylic acids is 1. The van der Waals surface area contributed by atoms with E-state index in [2.05, 4.69) is 22.0 Å². The van der Waals surface area contributed by atoms with E-state index in [9.17, 15) is 9.90 Å². The molecule has 7 heteroatoms. The lowest BCUT2D eigenvalue weighted by Crippen LogP contribution is -2.46. The van der Waals surface area contributed by atoms with Crippen LogP contribution in [0.2, 0.25) is 0 Å². The number of carboxylic acids is 1. The Morgan fingerprint density at radius 1 is 1.17 bits per heavy atom. The molecule has 0 bridgehead atoms. The van der Waals surface area contributed by atoms with Crippen molar-refractivity contribution in [1.82, 2.24) is 19.9 Å². The molecule has 1 aliphatic rings. The summed E-state index contributed by atoms with van der Waals surface area (Å²) < 4.78 is 0. The van der Waals surface area contributed by atoms with Gasteiger partial charge in [0, 0.05) is 26.2 Å². The van der Waals surface area contributed by atoms with Crippen LogP contribution in [0.4, 0.5) is 5.82 Å². The molecular formula is C16H21N5O2. The Morgan fingerprint density at radius 3 is 2.48 bits per heavy atom. The van der Waals surface area contributed by atoms with Crippen LogP contribution in [0, 0.1) is 6.92 Å². The topological polar surface area (TPSA) is 74.5 Å². The van der Waals surface area contributed by atoms with Crippen LogP contribution in [0.5, 0.6) is 0 Å². The monoisotopic (exact) mass is 315 g/mol. The summed E-state index contributed by atoms with van der Waals surface area (Å²) >= 11 is 0. The van der Waals surface area contributed by atoms with Crippen molar-refractivity contribution in [3.63, 3.8) is 0 Å². The van der Waals surface area contributed by atoms with E-state index in [4.69, 9.17) is 0 Å². The molecule has 0 unspecified atom stereocenters. The molecule has 1 aromatic carbocycles. The molecule has 0 spiro atoms. The molecule has 1 aliphatic heterocycles. The van der Waals surface area contributed by atoms with Crippen molar-refractivity contribution in [2.24, 2.45) is 0 Å². The average molecular weight is 315 g/mol. The summed E-state index contributed by atoms with van der Waals surface area (Å²) in [6, 6.07) is 7.68. The fourth-order valence-electron chi connectivity index (χ4n) is 2.82. The number of aromatic nitrogens is 3. The molecule has 1 aromatic heterocycles. The Balaban J connectivity index is 1.94. The first kappa shape index (κ1) is 15.5. The third-order valence-corrected chi connectivity index (χ3v) is 4.25. The molecule has 23 heavy (non-hydrogen) atoms. The van der Waals surface area contributed by atoms with Gasteiger partial charge in [0.15, 0.2) is 5.82 Å². The number of hydrogen-bond acceptors (Lipinski definition) is 5. The maximum absolute atomic E-state index is 11.6. The Labute approximate surface area is 135 Å². The first-order valence-electron chi connectivity index (χ1n) is 7.84. The highest BCUT2D eigenvalue weighted by molar-refractivity contribution is 5.91. The lowest BCUT2D eigenvalue weighted by atomic mass is 10.2. The number of hydrogen-bond donors (Lipinski definition) is 1. The highest BCUT2D eigenvalue weighted by Crippen LogP contribution is 2.21. The number of carboxylic acid groups (broad SMARTS) is 1. The fraction of sp³-hybridized carbons (Fsp3) is 0.438. The first-order valence-corrected chi connectivity index (χ1v) is 7.84. The Morgan fingerprint density at radius 2 is 1.87 bits per heavy atom. The van der Waals surface area contributed by atoms with Gasteiger partial charge in [-0.3, -0.25) is 0 Å². The van der Waals surface area contributed by atoms with Gasteiger partial charge < -0.3 is 14.9 Å². The van der Waals surface area contributed by atoms with E-state index < -0.39 is 5.97 Å². The molecule has 0 atom stereocenters. The minimum Gasteiger partial charge on any atom is -0.476 e. The fourth-order valence-corrected chi connectivity index (χ4v) is 2.82. The molecule has 1 fully saturated rings. The Kier molecular flexibility index (Phi) is 4.29. The van der Waals surface area contributed by atoms with Gasteiger partial charge >= 0.3 is 5.97 Å². The minimum atomic E-state index is -1.04. The smallest absolute Gasteiger partial charge is 0.360 e. The van der Waals surface area contributed by atoms with E-state index in [0.29, 0.717) is 5.82 Å². The van der Waals surface area contributed by atoms with Gasteiger partial charge in [-0.05, 0) is 25.1 Å². The van der Waals surface area contributed by atoms with Crippen molar-refractivity contribution in [2.45, 2.75) is 13.8 Å². The number of likely N-dealkylation sites (N-methyl/N-ethyl adjacent to an activating group) is 1. The normalized spacial score (nSPS) is 15.8. The van der Waals surface area contributed by atoms with Crippen LogP contribution in [-0.2, 0) is 0 Å². The summed E-state index contributed by atoms with van der Waals surface area (Å²) in [5.74, 6) is -0.589. The van der Waals surface area contributed by atoms with Gasteiger partial charge in [0.25, 0.3) is 0 Å². The van der Waals surface area contributed by atoms with Crippen LogP contribution in [0.25, 0.3) is 5.69 Å². The third kappa shape index (κ3) is 3.05. The zero-order valence-corrected chi connectivity index (χ0v) is 13.4. The van der Waals surface area contributed by atoms with Gasteiger partial charge in [0.05, 0.1) is 5.69 Å². The number of benzene rings is 1. The average Bonchev–Trinajstić information content (AvgIpc) is 3.01. The van der Waals surface area contributed by atoms with Crippen LogP contribution in [-0.4, -0.2) is 63.7 Å². The number of piperazine rings is 1. The number of carbonyl (C=O) groups is 1. The van der Waals surface area contributed by atoms with E-state index in [1.54, 1.807) is 0 Å². The van der Waals surface area contributed by atoms with E-state index in [1.165, 1.54) is 4.80 Å². The summed E-state index contributed by atoms with van der Waals surface area (Å²) in [4.78, 5) is 17.3. The maximum Gasteiger partial charge on any atom is 0.360 e. The van der Waals surface area contributed by atoms with Crippen LogP contribution in [0.3, 0.4) is 0 Å². The molecule has 0 amide bonds. The Bertz CT molecular complexity index is 704. The van der Waals surface area contributed by atoms with Crippen LogP contribution in [0.15, 0.2) is 24.3 Å². The highest BCUT2D eigenvalue weighted by Gasteiger charge is 2.26. The number of anilines is 1. The van der Waals surface area contributed by atoms with Crippen molar-refractivity contribution in [1.29, 1.82) is 0 Å². The van der Waals surface area contributed by atoms with Gasteiger partial charge in [-0.15, -0.1) is 15.0 Å². The van der Waals surface area contributed by atoms with Gasteiger partial charge in [-0.2, -0.15) is 0 Å². The van der Waals surface area contributed by atoms with Gasteiger partial charge in [-0.25, -0.2) is 4.79 Å². The van der Waals surface area contributed by atoms with Crippen molar-refractivity contribution >= 4 is 11.8 Å². The maximum atomic E-state index is 11.6. The Hall–Kier alpha value is -2.41. The third-order valence-electron chi connectivity index (χ3n) is 4.25. The first-order chi connectivity index (χ1) is 11.1. The molecular weight excluding hydrogens is 294 g/mol. The molecule has 1 N–H and O–H groups in total. The second kappa shape index (κ2) is 6.37. The molecule has 7 nitrogen and oxygen atoms in total. The molecule has 2 aromatic rings. The molecule has 0 aliphatic carbocycles. The van der Waals surface area contributed by atoms with Gasteiger partial charge in [0.1, 0.15) is 0 Å². The summed E-state index contributed by atoms with van der Waals surface area (Å²) in [5.41, 5.74) is 1.81. The van der Waals surface area contributed by atoms with Crippen molar-refractivity contribution in [2.75, 3.05) is 37.6 Å². The molecule has 3 rings (SSSR count). The number of para-hydroxylation sites is 1. The molecule has 1 saturated heterocycles. The zero-order valence-electron chi connectivity index (χ0n) is 13.4. The van der Waals surface area contributed by atoms with E-state index >= 15 is 0 Å². The second-order valence-electron chi connectivity index (χ2n) is 5.67. The zero-order chi connectivity index (χ0) is 16.4. The quantitative estimate of drug-likeness (QED) is 0.919. The second-order valence-corrected chi connectivity index (χ2v) is 5.67. The summed E-state index contributed by atoms with van der Waals surface area (Å²) in [5, 5.41) is 18.1. The number of rotatable bonds is 4.